The van der Waals surface area contributed by atoms with E-state index in [2.05, 4.69) is 4.90 Å². The molecule has 0 aliphatic carbocycles. The number of hydrogen-bond donors (Lipinski definition) is 1. The van der Waals surface area contributed by atoms with Crippen LogP contribution in [0.2, 0.25) is 0 Å². The molecule has 0 bridgehead atoms. The van der Waals surface area contributed by atoms with E-state index in [-0.39, 0.29) is 23.5 Å². The highest BCUT2D eigenvalue weighted by Crippen LogP contribution is 2.42. The van der Waals surface area contributed by atoms with Crippen molar-refractivity contribution in [2.75, 3.05) is 26.2 Å². The van der Waals surface area contributed by atoms with Gasteiger partial charge in [0.1, 0.15) is 0 Å². The Hall–Kier alpha value is -2.63. The van der Waals surface area contributed by atoms with Crippen molar-refractivity contribution in [3.05, 3.63) is 70.8 Å². The van der Waals surface area contributed by atoms with Gasteiger partial charge < -0.3 is 19.5 Å². The van der Waals surface area contributed by atoms with Crippen LogP contribution in [0, 0.1) is 11.3 Å². The lowest BCUT2D eigenvalue weighted by Gasteiger charge is -2.43. The van der Waals surface area contributed by atoms with Gasteiger partial charge in [0.25, 0.3) is 0 Å². The number of nitrogens with zero attached hydrogens (tertiary/aromatic N) is 1. The van der Waals surface area contributed by atoms with Crippen LogP contribution in [0.3, 0.4) is 0 Å². The third-order valence-corrected chi connectivity index (χ3v) is 8.14. The molecule has 0 radical (unpaired) electrons. The predicted octanol–water partition coefficient (Wildman–Crippen LogP) is 7.13. The molecule has 4 atom stereocenters. The Kier molecular flexibility index (Phi) is 8.87. The Labute approximate surface area is 229 Å². The predicted molar refractivity (Wildman–Crippen MR) is 134 cm³/mol. The van der Waals surface area contributed by atoms with Gasteiger partial charge in [0, 0.05) is 12.5 Å². The first kappa shape index (κ1) is 30.3. The second kappa shape index (κ2) is 11.7. The van der Waals surface area contributed by atoms with Gasteiger partial charge in [0.05, 0.1) is 29.3 Å². The molecule has 0 spiro atoms. The van der Waals surface area contributed by atoms with Crippen molar-refractivity contribution in [2.45, 2.75) is 63.8 Å². The maximum Gasteiger partial charge on any atom is 0.416 e. The first-order valence-electron chi connectivity index (χ1n) is 13.2. The molecule has 2 aromatic carbocycles. The van der Waals surface area contributed by atoms with Gasteiger partial charge in [-0.1, -0.05) is 30.3 Å². The van der Waals surface area contributed by atoms with E-state index in [0.29, 0.717) is 57.6 Å². The van der Waals surface area contributed by atoms with E-state index < -0.39 is 47.3 Å². The van der Waals surface area contributed by atoms with Crippen molar-refractivity contribution in [3.8, 4) is 0 Å². The minimum Gasteiger partial charge on any atom is -0.481 e. The first-order chi connectivity index (χ1) is 18.7. The minimum atomic E-state index is -4.96. The molecule has 11 heteroatoms. The van der Waals surface area contributed by atoms with E-state index in [0.717, 1.165) is 5.56 Å². The number of halogens is 6. The number of likely N-dealkylation sites (tertiary alicyclic amines) is 1. The summed E-state index contributed by atoms with van der Waals surface area (Å²) < 4.78 is 92.7. The van der Waals surface area contributed by atoms with Gasteiger partial charge in [-0.25, -0.2) is 0 Å². The van der Waals surface area contributed by atoms with Crippen LogP contribution in [-0.2, 0) is 26.6 Å². The number of benzene rings is 2. The van der Waals surface area contributed by atoms with Gasteiger partial charge in [-0.15, -0.1) is 0 Å². The molecule has 2 aromatic rings. The number of carbonyl (C=O) groups is 1. The maximum atomic E-state index is 13.4. The van der Waals surface area contributed by atoms with Gasteiger partial charge in [0.2, 0.25) is 0 Å². The number of carboxylic acids is 1. The quantitative estimate of drug-likeness (QED) is 0.357. The Morgan fingerprint density at radius 3 is 2.15 bits per heavy atom. The molecular weight excluding hydrogens is 540 g/mol. The molecule has 4 rings (SSSR count). The van der Waals surface area contributed by atoms with Crippen LogP contribution in [0.25, 0.3) is 0 Å². The molecule has 2 saturated heterocycles. The zero-order valence-corrected chi connectivity index (χ0v) is 22.3. The zero-order valence-electron chi connectivity index (χ0n) is 22.3. The SMILES string of the molecule is CC(OC1OCCC(CN2CCC(C)(C(=O)O)CC2)C1c1ccccc1)c1cc(C(F)(F)F)cc(C(F)(F)F)c1. The van der Waals surface area contributed by atoms with Gasteiger partial charge in [0.15, 0.2) is 6.29 Å². The van der Waals surface area contributed by atoms with Crippen molar-refractivity contribution in [1.82, 2.24) is 4.90 Å². The highest BCUT2D eigenvalue weighted by molar-refractivity contribution is 5.74. The summed E-state index contributed by atoms with van der Waals surface area (Å²) in [5.74, 6) is -1.14. The van der Waals surface area contributed by atoms with Crippen molar-refractivity contribution in [2.24, 2.45) is 11.3 Å². The number of alkyl halides is 6. The van der Waals surface area contributed by atoms with Crippen LogP contribution in [0.1, 0.15) is 67.4 Å². The monoisotopic (exact) mass is 573 g/mol. The number of rotatable bonds is 7. The molecule has 0 aromatic heterocycles. The van der Waals surface area contributed by atoms with E-state index in [1.54, 1.807) is 6.92 Å². The summed E-state index contributed by atoms with van der Waals surface area (Å²) in [7, 11) is 0. The van der Waals surface area contributed by atoms with E-state index >= 15 is 0 Å². The highest BCUT2D eigenvalue weighted by atomic mass is 19.4. The third-order valence-electron chi connectivity index (χ3n) is 8.14. The summed E-state index contributed by atoms with van der Waals surface area (Å²) in [4.78, 5) is 13.9. The van der Waals surface area contributed by atoms with Gasteiger partial charge in [-0.05, 0) is 81.4 Å². The van der Waals surface area contributed by atoms with Gasteiger partial charge in [-0.2, -0.15) is 26.3 Å². The average Bonchev–Trinajstić information content (AvgIpc) is 2.89. The average molecular weight is 574 g/mol. The first-order valence-corrected chi connectivity index (χ1v) is 13.2. The number of piperidine rings is 1. The van der Waals surface area contributed by atoms with Crippen LogP contribution >= 0.6 is 0 Å². The summed E-state index contributed by atoms with van der Waals surface area (Å²) >= 11 is 0. The van der Waals surface area contributed by atoms with E-state index in [1.807, 2.05) is 30.3 Å². The summed E-state index contributed by atoms with van der Waals surface area (Å²) in [5, 5.41) is 9.56. The lowest BCUT2D eigenvalue weighted by molar-refractivity contribution is -0.210. The molecule has 1 N–H and O–H groups in total. The molecular formula is C29H33F6NO4. The second-order valence-corrected chi connectivity index (χ2v) is 11.0. The topological polar surface area (TPSA) is 59.0 Å². The molecule has 2 fully saturated rings. The molecule has 2 aliphatic heterocycles. The molecule has 0 amide bonds. The second-order valence-electron chi connectivity index (χ2n) is 11.0. The number of aliphatic carboxylic acids is 1. The fourth-order valence-electron chi connectivity index (χ4n) is 5.54. The number of carboxylic acid groups (broad SMARTS) is 1. The lowest BCUT2D eigenvalue weighted by atomic mass is 9.78. The Morgan fingerprint density at radius 2 is 1.62 bits per heavy atom. The molecule has 2 aliphatic rings. The standard InChI is InChI=1S/C29H33F6NO4/c1-18(21-14-22(28(30,31)32)16-23(15-21)29(33,34)35)40-25-24(19-6-4-3-5-7-19)20(8-13-39-25)17-36-11-9-27(2,10-12-36)26(37)38/h3-7,14-16,18,20,24-25H,8-13,17H2,1-2H3,(H,37,38). The minimum absolute atomic E-state index is 0.00906. The van der Waals surface area contributed by atoms with Crippen molar-refractivity contribution < 1.29 is 45.7 Å². The summed E-state index contributed by atoms with van der Waals surface area (Å²) in [5.41, 5.74) is -2.92. The summed E-state index contributed by atoms with van der Waals surface area (Å²) in [6, 6.07) is 10.8. The Balaban J connectivity index is 1.58. The van der Waals surface area contributed by atoms with Crippen LogP contribution in [0.5, 0.6) is 0 Å². The van der Waals surface area contributed by atoms with Gasteiger partial charge in [-0.3, -0.25) is 4.79 Å². The summed E-state index contributed by atoms with van der Waals surface area (Å²) in [6.45, 7) is 5.32. The lowest BCUT2D eigenvalue weighted by Crippen LogP contribution is -2.47. The Bertz CT molecular complexity index is 1130. The van der Waals surface area contributed by atoms with Crippen molar-refractivity contribution >= 4 is 5.97 Å². The molecule has 0 saturated carbocycles. The molecule has 2 heterocycles. The third kappa shape index (κ3) is 6.98. The van der Waals surface area contributed by atoms with Crippen LogP contribution in [0.15, 0.2) is 48.5 Å². The molecule has 4 unspecified atom stereocenters. The Morgan fingerprint density at radius 1 is 1.05 bits per heavy atom. The van der Waals surface area contributed by atoms with E-state index in [1.165, 1.54) is 6.92 Å². The molecule has 40 heavy (non-hydrogen) atoms. The fraction of sp³-hybridized carbons (Fsp3) is 0.552. The van der Waals surface area contributed by atoms with E-state index in [4.69, 9.17) is 9.47 Å². The molecule has 5 nitrogen and oxygen atoms in total. The molecule has 220 valence electrons. The van der Waals surface area contributed by atoms with Crippen LogP contribution in [0.4, 0.5) is 26.3 Å². The largest absolute Gasteiger partial charge is 0.481 e. The van der Waals surface area contributed by atoms with Crippen molar-refractivity contribution in [3.63, 3.8) is 0 Å². The normalized spacial score (nSPS) is 24.9. The maximum absolute atomic E-state index is 13.4. The zero-order chi connectivity index (χ0) is 29.3. The number of hydrogen-bond acceptors (Lipinski definition) is 4. The smallest absolute Gasteiger partial charge is 0.416 e. The summed E-state index contributed by atoms with van der Waals surface area (Å²) in [6.07, 6.45) is -10.3. The highest BCUT2D eigenvalue weighted by Gasteiger charge is 2.42. The van der Waals surface area contributed by atoms with Crippen LogP contribution in [-0.4, -0.2) is 48.5 Å². The van der Waals surface area contributed by atoms with Crippen LogP contribution < -0.4 is 0 Å². The number of ether oxygens (including phenoxy) is 2. The van der Waals surface area contributed by atoms with E-state index in [9.17, 15) is 36.2 Å². The van der Waals surface area contributed by atoms with Gasteiger partial charge >= 0.3 is 18.3 Å². The van der Waals surface area contributed by atoms with Crippen molar-refractivity contribution in [1.29, 1.82) is 0 Å². The fourth-order valence-corrected chi connectivity index (χ4v) is 5.54.